The van der Waals surface area contributed by atoms with Gasteiger partial charge >= 0.3 is 0 Å². The van der Waals surface area contributed by atoms with E-state index in [1.165, 1.54) is 11.2 Å². The fraction of sp³-hybridized carbons (Fsp3) is 0.250. The number of hydrogen-bond donors (Lipinski definition) is 2. The molecule has 0 spiro atoms. The van der Waals surface area contributed by atoms with Gasteiger partial charge in [-0.15, -0.1) is 12.4 Å². The van der Waals surface area contributed by atoms with Gasteiger partial charge in [-0.2, -0.15) is 0 Å². The summed E-state index contributed by atoms with van der Waals surface area (Å²) in [5.41, 5.74) is 6.43. The molecule has 124 valence electrons. The molecule has 1 heterocycles. The number of benzene rings is 1. The minimum atomic E-state index is -0.322. The number of nitrogens with one attached hydrogen (secondary N) is 1. The predicted octanol–water partition coefficient (Wildman–Crippen LogP) is 2.05. The van der Waals surface area contributed by atoms with Gasteiger partial charge in [0, 0.05) is 19.6 Å². The Morgan fingerprint density at radius 3 is 2.57 bits per heavy atom. The van der Waals surface area contributed by atoms with Crippen LogP contribution in [0.1, 0.15) is 27.8 Å². The van der Waals surface area contributed by atoms with Crippen molar-refractivity contribution in [2.75, 3.05) is 18.5 Å². The molecule has 6 nitrogen and oxygen atoms in total. The van der Waals surface area contributed by atoms with Gasteiger partial charge in [-0.1, -0.05) is 12.1 Å². The molecular weight excluding hydrogens is 318 g/mol. The van der Waals surface area contributed by atoms with Crippen molar-refractivity contribution < 1.29 is 14.0 Å². The van der Waals surface area contributed by atoms with Gasteiger partial charge in [-0.05, 0) is 31.2 Å². The second-order valence-electron chi connectivity index (χ2n) is 4.97. The summed E-state index contributed by atoms with van der Waals surface area (Å²) >= 11 is 0. The molecule has 2 rings (SSSR count). The number of nitrogens with two attached hydrogens (primary N) is 1. The van der Waals surface area contributed by atoms with E-state index in [1.54, 1.807) is 43.4 Å². The van der Waals surface area contributed by atoms with Crippen LogP contribution in [0.5, 0.6) is 0 Å². The van der Waals surface area contributed by atoms with Crippen LogP contribution in [-0.4, -0.2) is 31.4 Å². The first-order valence-electron chi connectivity index (χ1n) is 6.96. The zero-order chi connectivity index (χ0) is 16.1. The summed E-state index contributed by atoms with van der Waals surface area (Å²) < 4.78 is 5.11. The molecule has 0 saturated carbocycles. The van der Waals surface area contributed by atoms with Crippen LogP contribution < -0.4 is 16.0 Å². The Bertz CT molecular complexity index is 658. The van der Waals surface area contributed by atoms with E-state index in [2.05, 4.69) is 5.32 Å². The molecule has 0 aliphatic rings. The Balaban J connectivity index is 0.00000264. The van der Waals surface area contributed by atoms with Crippen molar-refractivity contribution in [2.45, 2.75) is 13.0 Å². The van der Waals surface area contributed by atoms with Crippen LogP contribution in [0.4, 0.5) is 5.69 Å². The highest BCUT2D eigenvalue weighted by atomic mass is 35.5. The zero-order valence-electron chi connectivity index (χ0n) is 13.0. The molecule has 0 aliphatic heterocycles. The molecule has 0 unspecified atom stereocenters. The highest BCUT2D eigenvalue weighted by Gasteiger charge is 2.21. The van der Waals surface area contributed by atoms with Crippen molar-refractivity contribution in [3.05, 3.63) is 54.0 Å². The first-order valence-corrected chi connectivity index (χ1v) is 6.96. The Morgan fingerprint density at radius 2 is 1.96 bits per heavy atom. The van der Waals surface area contributed by atoms with E-state index in [0.29, 0.717) is 17.8 Å². The summed E-state index contributed by atoms with van der Waals surface area (Å²) in [5.74, 6) is -0.377. The third kappa shape index (κ3) is 4.34. The van der Waals surface area contributed by atoms with Crippen LogP contribution in [-0.2, 0) is 0 Å². The lowest BCUT2D eigenvalue weighted by Gasteiger charge is -2.20. The molecule has 1 aromatic carbocycles. The number of anilines is 1. The monoisotopic (exact) mass is 337 g/mol. The van der Waals surface area contributed by atoms with Gasteiger partial charge in [0.25, 0.3) is 11.8 Å². The SMILES string of the molecule is C[C@@H](CN)NC(=O)c1ccccc1N(C)C(=O)c1ccco1.Cl. The summed E-state index contributed by atoms with van der Waals surface area (Å²) in [6.07, 6.45) is 1.43. The van der Waals surface area contributed by atoms with E-state index in [-0.39, 0.29) is 36.0 Å². The predicted molar refractivity (Wildman–Crippen MR) is 91.1 cm³/mol. The minimum absolute atomic E-state index is 0. The van der Waals surface area contributed by atoms with E-state index in [0.717, 1.165) is 0 Å². The summed E-state index contributed by atoms with van der Waals surface area (Å²) in [4.78, 5) is 26.0. The molecule has 1 aromatic heterocycles. The largest absolute Gasteiger partial charge is 0.459 e. The first kappa shape index (κ1) is 18.7. The van der Waals surface area contributed by atoms with Crippen molar-refractivity contribution in [2.24, 2.45) is 5.73 Å². The summed E-state index contributed by atoms with van der Waals surface area (Å²) in [6, 6.07) is 9.97. The Kier molecular flexibility index (Phi) is 6.81. The zero-order valence-corrected chi connectivity index (χ0v) is 13.8. The number of hydrogen-bond acceptors (Lipinski definition) is 4. The number of halogens is 1. The van der Waals surface area contributed by atoms with E-state index < -0.39 is 0 Å². The number of carbonyl (C=O) groups excluding carboxylic acids is 2. The maximum absolute atomic E-state index is 12.3. The lowest BCUT2D eigenvalue weighted by molar-refractivity contribution is 0.0941. The molecule has 2 aromatic rings. The van der Waals surface area contributed by atoms with Gasteiger partial charge in [-0.3, -0.25) is 9.59 Å². The average Bonchev–Trinajstić information content (AvgIpc) is 3.07. The molecule has 2 amide bonds. The average molecular weight is 338 g/mol. The molecule has 3 N–H and O–H groups in total. The fourth-order valence-corrected chi connectivity index (χ4v) is 1.99. The Morgan fingerprint density at radius 1 is 1.26 bits per heavy atom. The van der Waals surface area contributed by atoms with Gasteiger partial charge < -0.3 is 20.4 Å². The molecule has 23 heavy (non-hydrogen) atoms. The van der Waals surface area contributed by atoms with E-state index in [4.69, 9.17) is 10.2 Å². The third-order valence-electron chi connectivity index (χ3n) is 3.28. The van der Waals surface area contributed by atoms with Gasteiger partial charge in [0.05, 0.1) is 17.5 Å². The number of amides is 2. The molecule has 7 heteroatoms. The highest BCUT2D eigenvalue weighted by Crippen LogP contribution is 2.21. The molecule has 1 atom stereocenters. The second kappa shape index (κ2) is 8.36. The van der Waals surface area contributed by atoms with Crippen molar-refractivity contribution in [1.29, 1.82) is 0 Å². The van der Waals surface area contributed by atoms with Gasteiger partial charge in [0.15, 0.2) is 5.76 Å². The highest BCUT2D eigenvalue weighted by molar-refractivity contribution is 6.09. The number of carbonyl (C=O) groups is 2. The lowest BCUT2D eigenvalue weighted by atomic mass is 10.1. The number of rotatable bonds is 5. The quantitative estimate of drug-likeness (QED) is 0.874. The first-order chi connectivity index (χ1) is 10.5. The van der Waals surface area contributed by atoms with Crippen LogP contribution >= 0.6 is 12.4 Å². The molecule has 0 bridgehead atoms. The van der Waals surface area contributed by atoms with Crippen LogP contribution in [0.15, 0.2) is 47.1 Å². The maximum atomic E-state index is 12.3. The van der Waals surface area contributed by atoms with Crippen LogP contribution in [0.3, 0.4) is 0 Å². The topological polar surface area (TPSA) is 88.6 Å². The fourth-order valence-electron chi connectivity index (χ4n) is 1.99. The summed E-state index contributed by atoms with van der Waals surface area (Å²) in [6.45, 7) is 2.16. The number of furan rings is 1. The molecular formula is C16H20ClN3O3. The molecule has 0 saturated heterocycles. The van der Waals surface area contributed by atoms with Gasteiger partial charge in [0.1, 0.15) is 0 Å². The smallest absolute Gasteiger partial charge is 0.293 e. The van der Waals surface area contributed by atoms with Crippen LogP contribution in [0.2, 0.25) is 0 Å². The van der Waals surface area contributed by atoms with E-state index >= 15 is 0 Å². The van der Waals surface area contributed by atoms with Crippen molar-refractivity contribution in [3.63, 3.8) is 0 Å². The summed E-state index contributed by atoms with van der Waals surface area (Å²) in [7, 11) is 1.60. The summed E-state index contributed by atoms with van der Waals surface area (Å²) in [5, 5.41) is 2.79. The van der Waals surface area contributed by atoms with Gasteiger partial charge in [-0.25, -0.2) is 0 Å². The third-order valence-corrected chi connectivity index (χ3v) is 3.28. The molecule has 0 fully saturated rings. The number of nitrogens with zero attached hydrogens (tertiary/aromatic N) is 1. The standard InChI is InChI=1S/C16H19N3O3.ClH/c1-11(10-17)18-15(20)12-6-3-4-7-13(12)19(2)16(21)14-8-5-9-22-14;/h3-9,11H,10,17H2,1-2H3,(H,18,20);1H/t11-;/m0./s1. The maximum Gasteiger partial charge on any atom is 0.293 e. The lowest BCUT2D eigenvalue weighted by Crippen LogP contribution is -2.38. The van der Waals surface area contributed by atoms with Crippen molar-refractivity contribution in [3.8, 4) is 0 Å². The second-order valence-corrected chi connectivity index (χ2v) is 4.97. The molecule has 0 radical (unpaired) electrons. The van der Waals surface area contributed by atoms with Crippen molar-refractivity contribution >= 4 is 29.9 Å². The van der Waals surface area contributed by atoms with Crippen LogP contribution in [0.25, 0.3) is 0 Å². The van der Waals surface area contributed by atoms with E-state index in [1.807, 2.05) is 6.92 Å². The van der Waals surface area contributed by atoms with E-state index in [9.17, 15) is 9.59 Å². The van der Waals surface area contributed by atoms with Crippen molar-refractivity contribution in [1.82, 2.24) is 5.32 Å². The Hall–Kier alpha value is -2.31. The minimum Gasteiger partial charge on any atom is -0.459 e. The number of para-hydroxylation sites is 1. The molecule has 0 aliphatic carbocycles. The van der Waals surface area contributed by atoms with Crippen LogP contribution in [0, 0.1) is 0 Å². The Labute approximate surface area is 141 Å². The normalized spacial score (nSPS) is 11.3. The van der Waals surface area contributed by atoms with Gasteiger partial charge in [0.2, 0.25) is 0 Å².